The van der Waals surface area contributed by atoms with Gasteiger partial charge in [0.1, 0.15) is 0 Å². The van der Waals surface area contributed by atoms with Crippen molar-refractivity contribution in [3.63, 3.8) is 0 Å². The summed E-state index contributed by atoms with van der Waals surface area (Å²) in [7, 11) is 0. The van der Waals surface area contributed by atoms with Crippen LogP contribution in [-0.2, 0) is 6.54 Å². The van der Waals surface area contributed by atoms with Gasteiger partial charge in [-0.25, -0.2) is 4.79 Å². The van der Waals surface area contributed by atoms with E-state index in [1.807, 2.05) is 4.90 Å². The van der Waals surface area contributed by atoms with E-state index in [9.17, 15) is 4.79 Å². The first kappa shape index (κ1) is 16.2. The summed E-state index contributed by atoms with van der Waals surface area (Å²) in [5.41, 5.74) is 0. The standard InChI is InChI=1S/C15H26N6O2/c1-12(2)14-17-13(18-23-14)11-20-7-5-19(6-8-20)9-10-21-4-3-16-15(21)22/h12H,3-11H2,1-2H3,(H,16,22). The van der Waals surface area contributed by atoms with E-state index in [1.54, 1.807) is 0 Å². The summed E-state index contributed by atoms with van der Waals surface area (Å²) >= 11 is 0. The van der Waals surface area contributed by atoms with Gasteiger partial charge >= 0.3 is 6.03 Å². The van der Waals surface area contributed by atoms with E-state index in [0.717, 1.165) is 64.7 Å². The molecule has 1 N–H and O–H groups in total. The molecule has 2 fully saturated rings. The van der Waals surface area contributed by atoms with Crippen LogP contribution in [0.3, 0.4) is 0 Å². The number of rotatable bonds is 6. The fourth-order valence-corrected chi connectivity index (χ4v) is 2.92. The molecule has 0 saturated carbocycles. The molecule has 0 atom stereocenters. The van der Waals surface area contributed by atoms with E-state index in [1.165, 1.54) is 0 Å². The van der Waals surface area contributed by atoms with Crippen molar-refractivity contribution in [1.82, 2.24) is 30.2 Å². The van der Waals surface area contributed by atoms with Crippen molar-refractivity contribution in [2.24, 2.45) is 0 Å². The Kier molecular flexibility index (Phi) is 5.12. The molecule has 8 nitrogen and oxygen atoms in total. The first-order valence-corrected chi connectivity index (χ1v) is 8.42. The molecule has 2 aliphatic heterocycles. The van der Waals surface area contributed by atoms with Crippen LogP contribution in [0.15, 0.2) is 4.52 Å². The summed E-state index contributed by atoms with van der Waals surface area (Å²) in [6, 6.07) is 0.0710. The van der Waals surface area contributed by atoms with Gasteiger partial charge in [-0.1, -0.05) is 19.0 Å². The van der Waals surface area contributed by atoms with E-state index >= 15 is 0 Å². The summed E-state index contributed by atoms with van der Waals surface area (Å²) < 4.78 is 5.25. The van der Waals surface area contributed by atoms with E-state index in [2.05, 4.69) is 39.1 Å². The Balaban J connectivity index is 1.38. The number of urea groups is 1. The van der Waals surface area contributed by atoms with Gasteiger partial charge in [0.2, 0.25) is 5.89 Å². The number of carbonyl (C=O) groups is 1. The van der Waals surface area contributed by atoms with Crippen LogP contribution in [0.25, 0.3) is 0 Å². The van der Waals surface area contributed by atoms with Crippen LogP contribution in [-0.4, -0.2) is 83.2 Å². The van der Waals surface area contributed by atoms with Gasteiger partial charge in [0.15, 0.2) is 5.82 Å². The Hall–Kier alpha value is -1.67. The van der Waals surface area contributed by atoms with Gasteiger partial charge < -0.3 is 14.7 Å². The number of aromatic nitrogens is 2. The van der Waals surface area contributed by atoms with Gasteiger partial charge in [0.05, 0.1) is 6.54 Å². The number of carbonyl (C=O) groups excluding carboxylic acids is 1. The molecule has 3 heterocycles. The molecule has 1 aromatic heterocycles. The number of hydrogen-bond acceptors (Lipinski definition) is 6. The van der Waals surface area contributed by atoms with Crippen LogP contribution in [0.4, 0.5) is 4.79 Å². The predicted molar refractivity (Wildman–Crippen MR) is 85.1 cm³/mol. The molecule has 23 heavy (non-hydrogen) atoms. The maximum absolute atomic E-state index is 11.5. The van der Waals surface area contributed by atoms with Crippen LogP contribution in [0.1, 0.15) is 31.5 Å². The molecule has 0 radical (unpaired) electrons. The second-order valence-corrected chi connectivity index (χ2v) is 6.54. The Morgan fingerprint density at radius 3 is 2.48 bits per heavy atom. The van der Waals surface area contributed by atoms with Crippen LogP contribution in [0.2, 0.25) is 0 Å². The fourth-order valence-electron chi connectivity index (χ4n) is 2.92. The molecule has 0 unspecified atom stereocenters. The molecule has 2 aliphatic rings. The monoisotopic (exact) mass is 322 g/mol. The van der Waals surface area contributed by atoms with Crippen LogP contribution >= 0.6 is 0 Å². The zero-order chi connectivity index (χ0) is 16.2. The van der Waals surface area contributed by atoms with Crippen molar-refractivity contribution in [1.29, 1.82) is 0 Å². The second kappa shape index (κ2) is 7.27. The zero-order valence-corrected chi connectivity index (χ0v) is 14.0. The third-order valence-electron chi connectivity index (χ3n) is 4.44. The molecular weight excluding hydrogens is 296 g/mol. The number of nitrogens with zero attached hydrogens (tertiary/aromatic N) is 5. The Bertz CT molecular complexity index is 524. The minimum Gasteiger partial charge on any atom is -0.339 e. The minimum atomic E-state index is 0.0710. The maximum Gasteiger partial charge on any atom is 0.317 e. The summed E-state index contributed by atoms with van der Waals surface area (Å²) in [6.07, 6.45) is 0. The molecule has 0 bridgehead atoms. The lowest BCUT2D eigenvalue weighted by Gasteiger charge is -2.34. The average Bonchev–Trinajstić information content (AvgIpc) is 3.16. The number of amides is 2. The lowest BCUT2D eigenvalue weighted by atomic mass is 10.2. The summed E-state index contributed by atoms with van der Waals surface area (Å²) in [6.45, 7) is 12.2. The number of hydrogen-bond donors (Lipinski definition) is 1. The Morgan fingerprint density at radius 1 is 1.13 bits per heavy atom. The normalized spacial score (nSPS) is 20.5. The topological polar surface area (TPSA) is 77.7 Å². The quantitative estimate of drug-likeness (QED) is 0.813. The molecule has 3 rings (SSSR count). The van der Waals surface area contributed by atoms with Crippen LogP contribution in [0.5, 0.6) is 0 Å². The molecule has 0 aromatic carbocycles. The lowest BCUT2D eigenvalue weighted by molar-refractivity contribution is 0.117. The van der Waals surface area contributed by atoms with Gasteiger partial charge in [-0.3, -0.25) is 9.80 Å². The van der Waals surface area contributed by atoms with Gasteiger partial charge in [0.25, 0.3) is 0 Å². The molecule has 128 valence electrons. The predicted octanol–water partition coefficient (Wildman–Crippen LogP) is 0.336. The van der Waals surface area contributed by atoms with E-state index < -0.39 is 0 Å². The number of nitrogens with one attached hydrogen (secondary N) is 1. The highest BCUT2D eigenvalue weighted by atomic mass is 16.5. The second-order valence-electron chi connectivity index (χ2n) is 6.54. The SMILES string of the molecule is CC(C)c1nc(CN2CCN(CCN3CCNC3=O)CC2)no1. The van der Waals surface area contributed by atoms with Gasteiger partial charge in [-0.2, -0.15) is 4.98 Å². The highest BCUT2D eigenvalue weighted by Crippen LogP contribution is 2.12. The van der Waals surface area contributed by atoms with Crippen molar-refractivity contribution >= 4 is 6.03 Å². The van der Waals surface area contributed by atoms with E-state index in [-0.39, 0.29) is 11.9 Å². The van der Waals surface area contributed by atoms with Crippen LogP contribution < -0.4 is 5.32 Å². The maximum atomic E-state index is 11.5. The van der Waals surface area contributed by atoms with Crippen molar-refractivity contribution in [3.8, 4) is 0 Å². The Morgan fingerprint density at radius 2 is 1.87 bits per heavy atom. The summed E-state index contributed by atoms with van der Waals surface area (Å²) in [5, 5.41) is 6.89. The summed E-state index contributed by atoms with van der Waals surface area (Å²) in [5.74, 6) is 1.76. The molecule has 1 aromatic rings. The average molecular weight is 322 g/mol. The van der Waals surface area contributed by atoms with Gasteiger partial charge in [-0.15, -0.1) is 0 Å². The Labute approximate surface area is 136 Å². The molecule has 0 aliphatic carbocycles. The van der Waals surface area contributed by atoms with Crippen molar-refractivity contribution in [3.05, 3.63) is 11.7 Å². The smallest absolute Gasteiger partial charge is 0.317 e. The highest BCUT2D eigenvalue weighted by Gasteiger charge is 2.22. The van der Waals surface area contributed by atoms with Gasteiger partial charge in [-0.05, 0) is 0 Å². The summed E-state index contributed by atoms with van der Waals surface area (Å²) in [4.78, 5) is 22.6. The van der Waals surface area contributed by atoms with E-state index in [4.69, 9.17) is 4.52 Å². The van der Waals surface area contributed by atoms with Crippen molar-refractivity contribution in [2.45, 2.75) is 26.3 Å². The molecule has 8 heteroatoms. The molecule has 2 saturated heterocycles. The van der Waals surface area contributed by atoms with Crippen molar-refractivity contribution < 1.29 is 9.32 Å². The molecule has 0 spiro atoms. The highest BCUT2D eigenvalue weighted by molar-refractivity contribution is 5.76. The first-order chi connectivity index (χ1) is 11.1. The third kappa shape index (κ3) is 4.20. The fraction of sp³-hybridized carbons (Fsp3) is 0.800. The van der Waals surface area contributed by atoms with Gasteiger partial charge in [0, 0.05) is 58.3 Å². The lowest BCUT2D eigenvalue weighted by Crippen LogP contribution is -2.48. The minimum absolute atomic E-state index is 0.0710. The van der Waals surface area contributed by atoms with Crippen molar-refractivity contribution in [2.75, 3.05) is 52.4 Å². The largest absolute Gasteiger partial charge is 0.339 e. The van der Waals surface area contributed by atoms with E-state index in [0.29, 0.717) is 5.89 Å². The first-order valence-electron chi connectivity index (χ1n) is 8.42. The third-order valence-corrected chi connectivity index (χ3v) is 4.44. The van der Waals surface area contributed by atoms with Crippen LogP contribution in [0, 0.1) is 0 Å². The zero-order valence-electron chi connectivity index (χ0n) is 14.0. The number of piperazine rings is 1. The molecular formula is C15H26N6O2. The molecule has 2 amide bonds.